The largest absolute Gasteiger partial charge is 0.321 e. The number of rotatable bonds is 3. The number of carbonyl (C=O) groups is 1. The molecule has 3 rings (SSSR count). The highest BCUT2D eigenvalue weighted by Gasteiger charge is 2.10. The molecule has 0 aliphatic heterocycles. The molecule has 1 N–H and O–H groups in total. The van der Waals surface area contributed by atoms with Crippen molar-refractivity contribution < 1.29 is 4.79 Å². The molecule has 0 saturated heterocycles. The van der Waals surface area contributed by atoms with Crippen molar-refractivity contribution in [2.24, 2.45) is 0 Å². The van der Waals surface area contributed by atoms with Crippen molar-refractivity contribution in [1.82, 2.24) is 9.97 Å². The number of anilines is 1. The molecule has 1 aromatic heterocycles. The van der Waals surface area contributed by atoms with Crippen LogP contribution >= 0.6 is 0 Å². The first-order valence-corrected chi connectivity index (χ1v) is 6.95. The normalized spacial score (nSPS) is 9.87. The van der Waals surface area contributed by atoms with Crippen LogP contribution in [0.3, 0.4) is 0 Å². The molecule has 110 valence electrons. The topological polar surface area (TPSA) is 78.7 Å². The third-order valence-electron chi connectivity index (χ3n) is 3.19. The minimum atomic E-state index is -0.331. The van der Waals surface area contributed by atoms with Crippen LogP contribution in [0.25, 0.3) is 11.3 Å². The predicted octanol–water partition coefficient (Wildman–Crippen LogP) is 3.27. The van der Waals surface area contributed by atoms with Gasteiger partial charge in [-0.05, 0) is 24.3 Å². The highest BCUT2D eigenvalue weighted by atomic mass is 16.1. The summed E-state index contributed by atoms with van der Waals surface area (Å²) in [5, 5.41) is 11.7. The molecule has 0 unspecified atom stereocenters. The summed E-state index contributed by atoms with van der Waals surface area (Å²) in [6.07, 6.45) is 2.98. The molecule has 0 atom stereocenters. The van der Waals surface area contributed by atoms with E-state index in [1.54, 1.807) is 36.5 Å². The Hall–Kier alpha value is -3.52. The van der Waals surface area contributed by atoms with Gasteiger partial charge in [0, 0.05) is 11.3 Å². The number of nitrogens with one attached hydrogen (secondary N) is 1. The van der Waals surface area contributed by atoms with Crippen LogP contribution in [0.4, 0.5) is 5.69 Å². The number of nitrogens with zero attached hydrogens (tertiary/aromatic N) is 3. The van der Waals surface area contributed by atoms with Gasteiger partial charge in [0.05, 0.1) is 29.7 Å². The Morgan fingerprint density at radius 2 is 1.87 bits per heavy atom. The molecule has 23 heavy (non-hydrogen) atoms. The van der Waals surface area contributed by atoms with Gasteiger partial charge in [-0.1, -0.05) is 30.3 Å². The molecule has 2 aromatic carbocycles. The summed E-state index contributed by atoms with van der Waals surface area (Å²) in [6.45, 7) is 0. The third kappa shape index (κ3) is 3.39. The summed E-state index contributed by atoms with van der Waals surface area (Å²) >= 11 is 0. The van der Waals surface area contributed by atoms with Gasteiger partial charge in [0.25, 0.3) is 5.91 Å². The zero-order valence-electron chi connectivity index (χ0n) is 12.1. The minimum absolute atomic E-state index is 0.216. The Bertz CT molecular complexity index is 885. The van der Waals surface area contributed by atoms with Crippen molar-refractivity contribution in [3.05, 3.63) is 78.2 Å². The maximum atomic E-state index is 12.3. The fraction of sp³-hybridized carbons (Fsp3) is 0. The van der Waals surface area contributed by atoms with Crippen LogP contribution in [0.2, 0.25) is 0 Å². The fourth-order valence-corrected chi connectivity index (χ4v) is 2.08. The second kappa shape index (κ2) is 6.50. The number of hydrogen-bond donors (Lipinski definition) is 1. The van der Waals surface area contributed by atoms with Gasteiger partial charge in [0.15, 0.2) is 0 Å². The lowest BCUT2D eigenvalue weighted by molar-refractivity contribution is 0.102. The summed E-state index contributed by atoms with van der Waals surface area (Å²) in [4.78, 5) is 20.7. The minimum Gasteiger partial charge on any atom is -0.321 e. The summed E-state index contributed by atoms with van der Waals surface area (Å²) in [6, 6.07) is 18.2. The first kappa shape index (κ1) is 14.4. The van der Waals surface area contributed by atoms with Gasteiger partial charge in [-0.2, -0.15) is 5.26 Å². The molecule has 0 fully saturated rings. The zero-order chi connectivity index (χ0) is 16.1. The van der Waals surface area contributed by atoms with E-state index in [0.29, 0.717) is 16.9 Å². The highest BCUT2D eigenvalue weighted by molar-refractivity contribution is 6.02. The first-order valence-electron chi connectivity index (χ1n) is 6.95. The number of benzene rings is 2. The van der Waals surface area contributed by atoms with Crippen molar-refractivity contribution >= 4 is 11.6 Å². The van der Waals surface area contributed by atoms with Gasteiger partial charge >= 0.3 is 0 Å². The van der Waals surface area contributed by atoms with Crippen LogP contribution in [-0.4, -0.2) is 15.9 Å². The van der Waals surface area contributed by atoms with E-state index in [1.165, 1.54) is 6.20 Å². The van der Waals surface area contributed by atoms with Crippen LogP contribution in [0.1, 0.15) is 16.1 Å². The van der Waals surface area contributed by atoms with Crippen LogP contribution < -0.4 is 5.32 Å². The number of carbonyl (C=O) groups excluding carboxylic acids is 1. The number of hydrogen-bond acceptors (Lipinski definition) is 4. The zero-order valence-corrected chi connectivity index (χ0v) is 12.1. The monoisotopic (exact) mass is 300 g/mol. The van der Waals surface area contributed by atoms with Gasteiger partial charge in [-0.3, -0.25) is 9.78 Å². The van der Waals surface area contributed by atoms with E-state index < -0.39 is 0 Å². The van der Waals surface area contributed by atoms with Gasteiger partial charge in [0.2, 0.25) is 0 Å². The Kier molecular flexibility index (Phi) is 4.07. The summed E-state index contributed by atoms with van der Waals surface area (Å²) in [5.74, 6) is -0.331. The third-order valence-corrected chi connectivity index (χ3v) is 3.19. The summed E-state index contributed by atoms with van der Waals surface area (Å²) in [5.41, 5.74) is 2.72. The number of para-hydroxylation sites is 1. The lowest BCUT2D eigenvalue weighted by Crippen LogP contribution is -2.14. The van der Waals surface area contributed by atoms with Gasteiger partial charge in [0.1, 0.15) is 5.69 Å². The average Bonchev–Trinajstić information content (AvgIpc) is 2.63. The van der Waals surface area contributed by atoms with Gasteiger partial charge < -0.3 is 5.32 Å². The summed E-state index contributed by atoms with van der Waals surface area (Å²) in [7, 11) is 0. The molecular weight excluding hydrogens is 288 g/mol. The number of aromatic nitrogens is 2. The Labute approximate surface area is 133 Å². The predicted molar refractivity (Wildman–Crippen MR) is 86.6 cm³/mol. The van der Waals surface area contributed by atoms with Crippen molar-refractivity contribution in [1.29, 1.82) is 5.26 Å². The molecule has 5 heteroatoms. The molecule has 0 aliphatic rings. The maximum absolute atomic E-state index is 12.3. The lowest BCUT2D eigenvalue weighted by Gasteiger charge is -2.06. The smallest absolute Gasteiger partial charge is 0.275 e. The van der Waals surface area contributed by atoms with Gasteiger partial charge in [-0.25, -0.2) is 4.98 Å². The number of amides is 1. The Balaban J connectivity index is 1.87. The maximum Gasteiger partial charge on any atom is 0.275 e. The Morgan fingerprint density at radius 3 is 2.65 bits per heavy atom. The van der Waals surface area contributed by atoms with E-state index in [9.17, 15) is 4.79 Å². The lowest BCUT2D eigenvalue weighted by atomic mass is 10.1. The van der Waals surface area contributed by atoms with Crippen molar-refractivity contribution in [3.8, 4) is 17.3 Å². The highest BCUT2D eigenvalue weighted by Crippen LogP contribution is 2.18. The second-order valence-electron chi connectivity index (χ2n) is 4.80. The molecule has 5 nitrogen and oxygen atoms in total. The molecule has 0 aliphatic carbocycles. The molecule has 0 bridgehead atoms. The van der Waals surface area contributed by atoms with E-state index in [0.717, 1.165) is 5.56 Å². The quantitative estimate of drug-likeness (QED) is 0.805. The van der Waals surface area contributed by atoms with Crippen LogP contribution in [0.5, 0.6) is 0 Å². The molecule has 1 amide bonds. The van der Waals surface area contributed by atoms with Crippen molar-refractivity contribution in [3.63, 3.8) is 0 Å². The molecule has 0 radical (unpaired) electrons. The second-order valence-corrected chi connectivity index (χ2v) is 4.80. The average molecular weight is 300 g/mol. The van der Waals surface area contributed by atoms with E-state index >= 15 is 0 Å². The molecular formula is C18H12N4O. The van der Waals surface area contributed by atoms with Crippen molar-refractivity contribution in [2.45, 2.75) is 0 Å². The molecule has 1 heterocycles. The van der Waals surface area contributed by atoms with Crippen LogP contribution in [0, 0.1) is 11.3 Å². The number of nitriles is 1. The first-order chi connectivity index (χ1) is 11.3. The standard InChI is InChI=1S/C18H12N4O/c19-10-13-5-4-6-14(9-13)16-11-20-12-17(22-16)18(23)21-15-7-2-1-3-8-15/h1-9,11-12H,(H,21,23). The summed E-state index contributed by atoms with van der Waals surface area (Å²) < 4.78 is 0. The van der Waals surface area contributed by atoms with Crippen LogP contribution in [-0.2, 0) is 0 Å². The van der Waals surface area contributed by atoms with E-state index in [1.807, 2.05) is 24.3 Å². The van der Waals surface area contributed by atoms with Crippen LogP contribution in [0.15, 0.2) is 67.0 Å². The van der Waals surface area contributed by atoms with E-state index in [4.69, 9.17) is 5.26 Å². The van der Waals surface area contributed by atoms with E-state index in [2.05, 4.69) is 21.4 Å². The van der Waals surface area contributed by atoms with E-state index in [-0.39, 0.29) is 11.6 Å². The molecule has 0 spiro atoms. The van der Waals surface area contributed by atoms with Gasteiger partial charge in [-0.15, -0.1) is 0 Å². The molecule has 3 aromatic rings. The van der Waals surface area contributed by atoms with Crippen molar-refractivity contribution in [2.75, 3.05) is 5.32 Å². The molecule has 0 saturated carbocycles. The SMILES string of the molecule is N#Cc1cccc(-c2cncc(C(=O)Nc3ccccc3)n2)c1. The Morgan fingerprint density at radius 1 is 1.04 bits per heavy atom. The fourth-order valence-electron chi connectivity index (χ4n) is 2.08.